The van der Waals surface area contributed by atoms with E-state index < -0.39 is 0 Å². The first-order valence-corrected chi connectivity index (χ1v) is 5.40. The molecule has 0 fully saturated rings. The van der Waals surface area contributed by atoms with Gasteiger partial charge in [-0.2, -0.15) is 4.98 Å². The third-order valence-electron chi connectivity index (χ3n) is 1.81. The van der Waals surface area contributed by atoms with E-state index in [0.29, 0.717) is 28.3 Å². The molecule has 0 aliphatic carbocycles. The van der Waals surface area contributed by atoms with Crippen LogP contribution in [0.2, 0.25) is 10.0 Å². The molecule has 0 aliphatic rings. The highest BCUT2D eigenvalue weighted by molar-refractivity contribution is 6.36. The molecule has 0 aliphatic heterocycles. The molecule has 0 radical (unpaired) electrons. The van der Waals surface area contributed by atoms with Gasteiger partial charge in [0, 0.05) is 6.54 Å². The van der Waals surface area contributed by atoms with E-state index >= 15 is 0 Å². The van der Waals surface area contributed by atoms with E-state index in [-0.39, 0.29) is 0 Å². The summed E-state index contributed by atoms with van der Waals surface area (Å²) in [5.74, 6) is 5.90. The van der Waals surface area contributed by atoms with Crippen LogP contribution < -0.4 is 16.0 Å². The first-order chi connectivity index (χ1) is 7.54. The van der Waals surface area contributed by atoms with Crippen LogP contribution in [0.4, 0.5) is 5.82 Å². The van der Waals surface area contributed by atoms with Gasteiger partial charge >= 0.3 is 0 Å². The Balaban J connectivity index is 2.72. The van der Waals surface area contributed by atoms with Crippen molar-refractivity contribution >= 4 is 29.0 Å². The maximum absolute atomic E-state index is 5.92. The number of nitrogens with two attached hydrogens (primary N) is 1. The van der Waals surface area contributed by atoms with Crippen LogP contribution in [0.1, 0.15) is 0 Å². The smallest absolute Gasteiger partial charge is 0.234 e. The van der Waals surface area contributed by atoms with Crippen molar-refractivity contribution in [1.29, 1.82) is 0 Å². The Morgan fingerprint density at radius 3 is 2.69 bits per heavy atom. The Kier molecular flexibility index (Phi) is 5.08. The lowest BCUT2D eigenvalue weighted by Crippen LogP contribution is -2.20. The molecule has 0 atom stereocenters. The largest absolute Gasteiger partial charge is 0.475 e. The van der Waals surface area contributed by atoms with E-state index in [9.17, 15) is 0 Å². The fourth-order valence-corrected chi connectivity index (χ4v) is 1.44. The van der Waals surface area contributed by atoms with Crippen LogP contribution >= 0.6 is 23.2 Å². The van der Waals surface area contributed by atoms with Gasteiger partial charge in [0.15, 0.2) is 5.82 Å². The molecular weight excluding hydrogens is 251 g/mol. The van der Waals surface area contributed by atoms with Crippen LogP contribution in [-0.4, -0.2) is 37.1 Å². The number of hydrogen-bond donors (Lipinski definition) is 2. The van der Waals surface area contributed by atoms with Crippen molar-refractivity contribution in [2.75, 3.05) is 32.7 Å². The number of nitrogen functional groups attached to an aromatic ring is 1. The van der Waals surface area contributed by atoms with Crippen molar-refractivity contribution in [3.63, 3.8) is 0 Å². The predicted octanol–water partition coefficient (Wildman–Crippen LogP) is 1.61. The average Bonchev–Trinajstić information content (AvgIpc) is 2.20. The number of nitrogens with zero attached hydrogens (tertiary/aromatic N) is 2. The first-order valence-electron chi connectivity index (χ1n) is 4.64. The fourth-order valence-electron chi connectivity index (χ4n) is 0.977. The van der Waals surface area contributed by atoms with Crippen LogP contribution in [0.3, 0.4) is 0 Å². The van der Waals surface area contributed by atoms with Gasteiger partial charge in [-0.1, -0.05) is 23.2 Å². The van der Waals surface area contributed by atoms with E-state index in [1.54, 1.807) is 0 Å². The number of hydrogen-bond acceptors (Lipinski definition) is 5. The van der Waals surface area contributed by atoms with Crippen molar-refractivity contribution in [3.05, 3.63) is 16.1 Å². The van der Waals surface area contributed by atoms with Crippen LogP contribution in [0.5, 0.6) is 5.88 Å². The summed E-state index contributed by atoms with van der Waals surface area (Å²) >= 11 is 11.8. The van der Waals surface area contributed by atoms with E-state index in [0.717, 1.165) is 6.54 Å². The van der Waals surface area contributed by atoms with Gasteiger partial charge in [-0.05, 0) is 20.2 Å². The summed E-state index contributed by atoms with van der Waals surface area (Å²) < 4.78 is 5.41. The zero-order chi connectivity index (χ0) is 12.1. The average molecular weight is 265 g/mol. The molecule has 7 heteroatoms. The molecule has 90 valence electrons. The van der Waals surface area contributed by atoms with Gasteiger partial charge in [-0.3, -0.25) is 0 Å². The number of aromatic nitrogens is 1. The standard InChI is InChI=1S/C9H14Cl2N4O/c1-15(2)3-4-16-9-7(11)5-6(10)8(13-9)14-12/h5H,3-4,12H2,1-2H3,(H,13,14). The number of hydrazine groups is 1. The van der Waals surface area contributed by atoms with Crippen LogP contribution in [0, 0.1) is 0 Å². The summed E-state index contributed by atoms with van der Waals surface area (Å²) in [5.41, 5.74) is 2.37. The lowest BCUT2D eigenvalue weighted by molar-refractivity contribution is 0.254. The number of anilines is 1. The topological polar surface area (TPSA) is 63.4 Å². The molecule has 1 aromatic heterocycles. The Labute approximate surface area is 104 Å². The molecule has 1 aromatic rings. The normalized spacial score (nSPS) is 10.6. The summed E-state index contributed by atoms with van der Waals surface area (Å²) in [6.07, 6.45) is 0. The monoisotopic (exact) mass is 264 g/mol. The van der Waals surface area contributed by atoms with E-state index in [1.807, 2.05) is 19.0 Å². The molecule has 0 saturated carbocycles. The predicted molar refractivity (Wildman–Crippen MR) is 66.1 cm³/mol. The SMILES string of the molecule is CN(C)CCOc1nc(NN)c(Cl)cc1Cl. The van der Waals surface area contributed by atoms with Gasteiger partial charge in [0.1, 0.15) is 11.6 Å². The number of likely N-dealkylation sites (N-methyl/N-ethyl adjacent to an activating group) is 1. The lowest BCUT2D eigenvalue weighted by Gasteiger charge is -2.12. The fraction of sp³-hybridized carbons (Fsp3) is 0.444. The summed E-state index contributed by atoms with van der Waals surface area (Å²) in [6, 6.07) is 1.54. The van der Waals surface area contributed by atoms with Gasteiger partial charge in [-0.25, -0.2) is 5.84 Å². The molecule has 0 bridgehead atoms. The maximum atomic E-state index is 5.92. The second-order valence-electron chi connectivity index (χ2n) is 3.40. The molecule has 0 spiro atoms. The van der Waals surface area contributed by atoms with Gasteiger partial charge in [0.05, 0.1) is 5.02 Å². The van der Waals surface area contributed by atoms with Crippen molar-refractivity contribution in [2.45, 2.75) is 0 Å². The summed E-state index contributed by atoms with van der Waals surface area (Å²) in [4.78, 5) is 6.04. The molecule has 0 unspecified atom stereocenters. The zero-order valence-corrected chi connectivity index (χ0v) is 10.6. The zero-order valence-electron chi connectivity index (χ0n) is 9.13. The second kappa shape index (κ2) is 6.10. The molecule has 0 amide bonds. The number of nitrogens with one attached hydrogen (secondary N) is 1. The lowest BCUT2D eigenvalue weighted by atomic mass is 10.4. The maximum Gasteiger partial charge on any atom is 0.234 e. The van der Waals surface area contributed by atoms with Crippen molar-refractivity contribution < 1.29 is 4.74 Å². The minimum atomic E-state index is 0.320. The third kappa shape index (κ3) is 3.68. The summed E-state index contributed by atoms with van der Waals surface area (Å²) in [7, 11) is 3.90. The van der Waals surface area contributed by atoms with Gasteiger partial charge in [-0.15, -0.1) is 0 Å². The molecule has 0 saturated heterocycles. The number of rotatable bonds is 5. The minimum absolute atomic E-state index is 0.320. The number of halogens is 2. The van der Waals surface area contributed by atoms with Gasteiger partial charge in [0.2, 0.25) is 5.88 Å². The molecule has 1 heterocycles. The third-order valence-corrected chi connectivity index (χ3v) is 2.37. The van der Waals surface area contributed by atoms with E-state index in [1.165, 1.54) is 6.07 Å². The summed E-state index contributed by atoms with van der Waals surface area (Å²) in [5, 5.41) is 0.718. The summed E-state index contributed by atoms with van der Waals surface area (Å²) in [6.45, 7) is 1.26. The van der Waals surface area contributed by atoms with Crippen LogP contribution in [0.25, 0.3) is 0 Å². The van der Waals surface area contributed by atoms with Gasteiger partial charge < -0.3 is 15.1 Å². The minimum Gasteiger partial charge on any atom is -0.475 e. The second-order valence-corrected chi connectivity index (χ2v) is 4.22. The van der Waals surface area contributed by atoms with E-state index in [2.05, 4.69) is 10.4 Å². The van der Waals surface area contributed by atoms with Gasteiger partial charge in [0.25, 0.3) is 0 Å². The molecule has 1 rings (SSSR count). The van der Waals surface area contributed by atoms with Crippen LogP contribution in [0.15, 0.2) is 6.07 Å². The van der Waals surface area contributed by atoms with Crippen molar-refractivity contribution in [2.24, 2.45) is 5.84 Å². The van der Waals surface area contributed by atoms with Crippen LogP contribution in [-0.2, 0) is 0 Å². The first kappa shape index (κ1) is 13.3. The van der Waals surface area contributed by atoms with Crippen molar-refractivity contribution in [1.82, 2.24) is 9.88 Å². The number of ether oxygens (including phenoxy) is 1. The quantitative estimate of drug-likeness (QED) is 0.625. The number of pyridine rings is 1. The Bertz CT molecular complexity index is 360. The Hall–Kier alpha value is -0.750. The molecular formula is C9H14Cl2N4O. The molecule has 3 N–H and O–H groups in total. The molecule has 0 aromatic carbocycles. The highest BCUT2D eigenvalue weighted by atomic mass is 35.5. The molecule has 16 heavy (non-hydrogen) atoms. The van der Waals surface area contributed by atoms with E-state index in [4.69, 9.17) is 33.8 Å². The Morgan fingerprint density at radius 1 is 1.44 bits per heavy atom. The molecule has 5 nitrogen and oxygen atoms in total. The Morgan fingerprint density at radius 2 is 2.12 bits per heavy atom. The highest BCUT2D eigenvalue weighted by Crippen LogP contribution is 2.30. The van der Waals surface area contributed by atoms with Crippen molar-refractivity contribution in [3.8, 4) is 5.88 Å². The highest BCUT2D eigenvalue weighted by Gasteiger charge is 2.09.